The van der Waals surface area contributed by atoms with Crippen LogP contribution in [0.4, 0.5) is 0 Å². The minimum Gasteiger partial charge on any atom is -0.311 e. The van der Waals surface area contributed by atoms with Crippen molar-refractivity contribution in [2.24, 2.45) is 0 Å². The van der Waals surface area contributed by atoms with Crippen molar-refractivity contribution in [3.05, 3.63) is 35.9 Å². The summed E-state index contributed by atoms with van der Waals surface area (Å²) in [6, 6.07) is 11.7. The average molecular weight is 249 g/mol. The smallest absolute Gasteiger partial charge is 0.0447 e. The van der Waals surface area contributed by atoms with Crippen molar-refractivity contribution in [1.82, 2.24) is 10.6 Å². The zero-order valence-corrected chi connectivity index (χ0v) is 10.4. The molecule has 0 saturated carbocycles. The summed E-state index contributed by atoms with van der Waals surface area (Å²) in [5, 5.41) is 6.99. The maximum atomic E-state index is 3.52. The molecule has 0 radical (unpaired) electrons. The third-order valence-electron chi connectivity index (χ3n) is 2.54. The van der Waals surface area contributed by atoms with E-state index in [1.165, 1.54) is 5.56 Å². The molecule has 1 aromatic rings. The first kappa shape index (κ1) is 14.7. The van der Waals surface area contributed by atoms with E-state index in [9.17, 15) is 0 Å². The van der Waals surface area contributed by atoms with E-state index < -0.39 is 0 Å². The topological polar surface area (TPSA) is 24.1 Å². The Bertz CT molecular complexity index is 259. The van der Waals surface area contributed by atoms with Crippen molar-refractivity contribution in [3.63, 3.8) is 0 Å². The lowest BCUT2D eigenvalue weighted by molar-refractivity contribution is 0.366. The van der Waals surface area contributed by atoms with Crippen LogP contribution in [0.5, 0.6) is 0 Å². The van der Waals surface area contributed by atoms with Crippen LogP contribution in [0, 0.1) is 0 Å². The van der Waals surface area contributed by atoms with Crippen molar-refractivity contribution < 1.29 is 0 Å². The van der Waals surface area contributed by atoms with Crippen molar-refractivity contribution in [3.8, 4) is 0 Å². The Morgan fingerprint density at radius 1 is 1.00 bits per heavy atom. The van der Waals surface area contributed by atoms with Crippen molar-refractivity contribution in [1.29, 1.82) is 0 Å². The largest absolute Gasteiger partial charge is 0.311 e. The molecule has 1 aromatic carbocycles. The SMILES string of the molecule is CC1CNC(c2ccccc2)CN1.Cl.Cl. The van der Waals surface area contributed by atoms with E-state index in [-0.39, 0.29) is 24.8 Å². The molecule has 0 aliphatic carbocycles. The predicted molar refractivity (Wildman–Crippen MR) is 69.1 cm³/mol. The number of hydrogen-bond donors (Lipinski definition) is 2. The lowest BCUT2D eigenvalue weighted by Gasteiger charge is -2.29. The zero-order valence-electron chi connectivity index (χ0n) is 8.77. The van der Waals surface area contributed by atoms with Gasteiger partial charge in [-0.05, 0) is 12.5 Å². The van der Waals surface area contributed by atoms with Crippen LogP contribution in [0.1, 0.15) is 18.5 Å². The van der Waals surface area contributed by atoms with E-state index in [0.29, 0.717) is 12.1 Å². The molecule has 2 unspecified atom stereocenters. The van der Waals surface area contributed by atoms with Crippen molar-refractivity contribution in [2.75, 3.05) is 13.1 Å². The fraction of sp³-hybridized carbons (Fsp3) is 0.455. The van der Waals surface area contributed by atoms with Crippen LogP contribution in [0.15, 0.2) is 30.3 Å². The normalized spacial score (nSPS) is 24.9. The summed E-state index contributed by atoms with van der Waals surface area (Å²) < 4.78 is 0. The molecule has 1 saturated heterocycles. The molecule has 1 fully saturated rings. The van der Waals surface area contributed by atoms with Crippen molar-refractivity contribution in [2.45, 2.75) is 19.0 Å². The Hall–Kier alpha value is -0.280. The van der Waals surface area contributed by atoms with E-state index in [1.54, 1.807) is 0 Å². The van der Waals surface area contributed by atoms with Crippen molar-refractivity contribution >= 4 is 24.8 Å². The first-order chi connectivity index (χ1) is 6.36. The Kier molecular flexibility index (Phi) is 6.94. The first-order valence-electron chi connectivity index (χ1n) is 4.88. The standard InChI is InChI=1S/C11H16N2.2ClH/c1-9-7-13-11(8-12-9)10-5-3-2-4-6-10;;/h2-6,9,11-13H,7-8H2,1H3;2*1H. The molecule has 4 heteroatoms. The van der Waals surface area contributed by atoms with Gasteiger partial charge in [-0.2, -0.15) is 0 Å². The van der Waals surface area contributed by atoms with E-state index in [2.05, 4.69) is 47.9 Å². The fourth-order valence-corrected chi connectivity index (χ4v) is 1.70. The highest BCUT2D eigenvalue weighted by Gasteiger charge is 2.17. The molecular formula is C11H18Cl2N2. The number of rotatable bonds is 1. The third kappa shape index (κ3) is 3.99. The van der Waals surface area contributed by atoms with Crippen LogP contribution in [0.3, 0.4) is 0 Å². The maximum absolute atomic E-state index is 3.52. The molecular weight excluding hydrogens is 231 g/mol. The number of nitrogens with one attached hydrogen (secondary N) is 2. The molecule has 2 nitrogen and oxygen atoms in total. The second-order valence-corrected chi connectivity index (χ2v) is 3.68. The predicted octanol–water partition coefficient (Wildman–Crippen LogP) is 2.15. The highest BCUT2D eigenvalue weighted by Crippen LogP contribution is 2.13. The lowest BCUT2D eigenvalue weighted by atomic mass is 10.0. The second kappa shape index (κ2) is 7.07. The van der Waals surface area contributed by atoms with Gasteiger partial charge in [0.25, 0.3) is 0 Å². The van der Waals surface area contributed by atoms with Crippen LogP contribution in [0.2, 0.25) is 0 Å². The van der Waals surface area contributed by atoms with Gasteiger partial charge in [0, 0.05) is 25.2 Å². The van der Waals surface area contributed by atoms with E-state index in [0.717, 1.165) is 13.1 Å². The monoisotopic (exact) mass is 248 g/mol. The number of benzene rings is 1. The third-order valence-corrected chi connectivity index (χ3v) is 2.54. The summed E-state index contributed by atoms with van der Waals surface area (Å²) >= 11 is 0. The highest BCUT2D eigenvalue weighted by atomic mass is 35.5. The molecule has 2 N–H and O–H groups in total. The van der Waals surface area contributed by atoms with Gasteiger partial charge in [-0.25, -0.2) is 0 Å². The number of halogens is 2. The van der Waals surface area contributed by atoms with Crippen LogP contribution < -0.4 is 10.6 Å². The number of hydrogen-bond acceptors (Lipinski definition) is 2. The zero-order chi connectivity index (χ0) is 9.10. The Labute approximate surface area is 104 Å². The van der Waals surface area contributed by atoms with Gasteiger partial charge in [-0.1, -0.05) is 30.3 Å². The minimum absolute atomic E-state index is 0. The molecule has 0 aromatic heterocycles. The van der Waals surface area contributed by atoms with Crippen LogP contribution in [0.25, 0.3) is 0 Å². The van der Waals surface area contributed by atoms with Gasteiger partial charge in [0.15, 0.2) is 0 Å². The highest BCUT2D eigenvalue weighted by molar-refractivity contribution is 5.85. The molecule has 15 heavy (non-hydrogen) atoms. The fourth-order valence-electron chi connectivity index (χ4n) is 1.70. The Morgan fingerprint density at radius 2 is 1.67 bits per heavy atom. The molecule has 0 spiro atoms. The van der Waals surface area contributed by atoms with E-state index in [1.807, 2.05) is 0 Å². The van der Waals surface area contributed by atoms with Crippen LogP contribution >= 0.6 is 24.8 Å². The molecule has 1 heterocycles. The first-order valence-corrected chi connectivity index (χ1v) is 4.88. The molecule has 86 valence electrons. The molecule has 1 aliphatic heterocycles. The molecule has 2 rings (SSSR count). The number of piperazine rings is 1. The maximum Gasteiger partial charge on any atom is 0.0447 e. The summed E-state index contributed by atoms with van der Waals surface area (Å²) in [6.07, 6.45) is 0. The summed E-state index contributed by atoms with van der Waals surface area (Å²) in [7, 11) is 0. The summed E-state index contributed by atoms with van der Waals surface area (Å²) in [5.41, 5.74) is 1.38. The Morgan fingerprint density at radius 3 is 2.20 bits per heavy atom. The van der Waals surface area contributed by atoms with Gasteiger partial charge in [0.2, 0.25) is 0 Å². The van der Waals surface area contributed by atoms with Gasteiger partial charge in [-0.3, -0.25) is 0 Å². The second-order valence-electron chi connectivity index (χ2n) is 3.68. The summed E-state index contributed by atoms with van der Waals surface area (Å²) in [5.74, 6) is 0. The van der Waals surface area contributed by atoms with Gasteiger partial charge >= 0.3 is 0 Å². The van der Waals surface area contributed by atoms with Gasteiger partial charge in [0.05, 0.1) is 0 Å². The molecule has 2 atom stereocenters. The van der Waals surface area contributed by atoms with Gasteiger partial charge < -0.3 is 10.6 Å². The Balaban J connectivity index is 0.000000980. The van der Waals surface area contributed by atoms with E-state index in [4.69, 9.17) is 0 Å². The summed E-state index contributed by atoms with van der Waals surface area (Å²) in [6.45, 7) is 4.29. The van der Waals surface area contributed by atoms with Crippen LogP contribution in [-0.2, 0) is 0 Å². The van der Waals surface area contributed by atoms with Gasteiger partial charge in [0.1, 0.15) is 0 Å². The molecule has 1 aliphatic rings. The quantitative estimate of drug-likeness (QED) is 0.797. The average Bonchev–Trinajstić information content (AvgIpc) is 2.20. The lowest BCUT2D eigenvalue weighted by Crippen LogP contribution is -2.48. The molecule has 0 amide bonds. The summed E-state index contributed by atoms with van der Waals surface area (Å²) in [4.78, 5) is 0. The molecule has 0 bridgehead atoms. The van der Waals surface area contributed by atoms with Crippen LogP contribution in [-0.4, -0.2) is 19.1 Å². The van der Waals surface area contributed by atoms with E-state index >= 15 is 0 Å². The van der Waals surface area contributed by atoms with Gasteiger partial charge in [-0.15, -0.1) is 24.8 Å². The minimum atomic E-state index is 0.